The number of nitrogens with zero attached hydrogens (tertiary/aromatic N) is 2. The second kappa shape index (κ2) is 9.41. The number of halogens is 2. The second-order valence-corrected chi connectivity index (χ2v) is 9.58. The summed E-state index contributed by atoms with van der Waals surface area (Å²) in [6.07, 6.45) is 1.12. The van der Waals surface area contributed by atoms with Gasteiger partial charge in [0.2, 0.25) is 5.88 Å². The number of benzene rings is 3. The Morgan fingerprint density at radius 3 is 2.00 bits per heavy atom. The van der Waals surface area contributed by atoms with Crippen LogP contribution in [0.4, 0.5) is 8.78 Å². The highest BCUT2D eigenvalue weighted by Crippen LogP contribution is 2.35. The molecule has 34 heavy (non-hydrogen) atoms. The third kappa shape index (κ3) is 5.11. The van der Waals surface area contributed by atoms with Crippen molar-refractivity contribution >= 4 is 9.84 Å². The molecule has 5 nitrogen and oxygen atoms in total. The van der Waals surface area contributed by atoms with E-state index in [9.17, 15) is 22.5 Å². The minimum atomic E-state index is -3.38. The summed E-state index contributed by atoms with van der Waals surface area (Å²) < 4.78 is 56.2. The van der Waals surface area contributed by atoms with Gasteiger partial charge < -0.3 is 4.74 Å². The quantitative estimate of drug-likeness (QED) is 0.365. The average molecular weight is 477 g/mol. The first-order valence-corrected chi connectivity index (χ1v) is 12.0. The lowest BCUT2D eigenvalue weighted by Gasteiger charge is -2.14. The van der Waals surface area contributed by atoms with Crippen LogP contribution in [-0.2, 0) is 16.4 Å². The fourth-order valence-electron chi connectivity index (χ4n) is 3.35. The van der Waals surface area contributed by atoms with Crippen LogP contribution in [0.25, 0.3) is 22.4 Å². The second-order valence-electron chi connectivity index (χ2n) is 7.57. The number of hydrogen-bond acceptors (Lipinski definition) is 5. The first-order valence-electron chi connectivity index (χ1n) is 10.1. The van der Waals surface area contributed by atoms with Crippen molar-refractivity contribution in [2.45, 2.75) is 11.5 Å². The topological polar surface area (TPSA) is 80.0 Å². The minimum Gasteiger partial charge on any atom is -0.472 e. The van der Waals surface area contributed by atoms with Gasteiger partial charge in [-0.2, -0.15) is 5.26 Å². The number of aromatic nitrogens is 1. The molecule has 0 saturated heterocycles. The van der Waals surface area contributed by atoms with Crippen LogP contribution in [0.1, 0.15) is 11.1 Å². The fraction of sp³-hybridized carbons (Fsp3) is 0.0769. The lowest BCUT2D eigenvalue weighted by atomic mass is 9.98. The van der Waals surface area contributed by atoms with Gasteiger partial charge >= 0.3 is 0 Å². The molecule has 0 aliphatic carbocycles. The van der Waals surface area contributed by atoms with E-state index >= 15 is 0 Å². The van der Waals surface area contributed by atoms with Crippen molar-refractivity contribution in [1.82, 2.24) is 4.98 Å². The van der Waals surface area contributed by atoms with Gasteiger partial charge in [-0.05, 0) is 65.7 Å². The maximum atomic E-state index is 13.5. The Bertz CT molecular complexity index is 1480. The van der Waals surface area contributed by atoms with Crippen molar-refractivity contribution in [3.63, 3.8) is 0 Å². The van der Waals surface area contributed by atoms with Crippen LogP contribution in [0.3, 0.4) is 0 Å². The van der Waals surface area contributed by atoms with Crippen LogP contribution in [0.15, 0.2) is 83.8 Å². The van der Waals surface area contributed by atoms with Gasteiger partial charge in [0, 0.05) is 17.4 Å². The highest BCUT2D eigenvalue weighted by atomic mass is 32.2. The molecule has 0 bridgehead atoms. The van der Waals surface area contributed by atoms with Crippen molar-refractivity contribution in [3.05, 3.63) is 102 Å². The standard InChI is InChI=1S/C26H18F2N2O3S/c1-34(31,32)23-12-6-18(7-13-23)24-14-20(15-29)26(33-16-17-2-8-21(27)9-3-17)30-25(24)19-4-10-22(28)11-5-19/h2-14H,16H2,1H3. The normalized spacial score (nSPS) is 11.1. The van der Waals surface area contributed by atoms with Gasteiger partial charge in [-0.15, -0.1) is 0 Å². The number of nitriles is 1. The van der Waals surface area contributed by atoms with Gasteiger partial charge in [0.1, 0.15) is 29.9 Å². The van der Waals surface area contributed by atoms with Gasteiger partial charge in [0.15, 0.2) is 9.84 Å². The van der Waals surface area contributed by atoms with E-state index in [1.165, 1.54) is 36.4 Å². The summed E-state index contributed by atoms with van der Waals surface area (Å²) in [4.78, 5) is 4.72. The van der Waals surface area contributed by atoms with E-state index in [1.54, 1.807) is 42.5 Å². The molecular weight excluding hydrogens is 458 g/mol. The van der Waals surface area contributed by atoms with Gasteiger partial charge in [-0.25, -0.2) is 22.2 Å². The van der Waals surface area contributed by atoms with E-state index in [1.807, 2.05) is 0 Å². The molecule has 0 saturated carbocycles. The summed E-state index contributed by atoms with van der Waals surface area (Å²) in [5.41, 5.74) is 3.05. The summed E-state index contributed by atoms with van der Waals surface area (Å²) in [6.45, 7) is 0.0627. The lowest BCUT2D eigenvalue weighted by Crippen LogP contribution is -2.02. The Morgan fingerprint density at radius 2 is 1.44 bits per heavy atom. The zero-order valence-electron chi connectivity index (χ0n) is 18.0. The van der Waals surface area contributed by atoms with Gasteiger partial charge in [-0.1, -0.05) is 24.3 Å². The van der Waals surface area contributed by atoms with Crippen molar-refractivity contribution in [2.75, 3.05) is 6.26 Å². The van der Waals surface area contributed by atoms with E-state index in [0.29, 0.717) is 27.9 Å². The third-order valence-corrected chi connectivity index (χ3v) is 6.24. The maximum absolute atomic E-state index is 13.5. The van der Waals surface area contributed by atoms with E-state index < -0.39 is 15.7 Å². The smallest absolute Gasteiger partial charge is 0.232 e. The number of hydrogen-bond donors (Lipinski definition) is 0. The summed E-state index contributed by atoms with van der Waals surface area (Å²) in [7, 11) is -3.38. The number of pyridine rings is 1. The summed E-state index contributed by atoms with van der Waals surface area (Å²) in [5.74, 6) is -0.712. The van der Waals surface area contributed by atoms with Crippen LogP contribution >= 0.6 is 0 Å². The molecule has 4 aromatic rings. The van der Waals surface area contributed by atoms with Gasteiger partial charge in [0.05, 0.1) is 10.6 Å². The van der Waals surface area contributed by atoms with E-state index in [0.717, 1.165) is 6.26 Å². The van der Waals surface area contributed by atoms with Crippen molar-refractivity contribution in [2.24, 2.45) is 0 Å². The number of ether oxygens (including phenoxy) is 1. The highest BCUT2D eigenvalue weighted by Gasteiger charge is 2.17. The molecule has 1 heterocycles. The zero-order chi connectivity index (χ0) is 24.3. The van der Waals surface area contributed by atoms with Crippen LogP contribution in [-0.4, -0.2) is 19.7 Å². The van der Waals surface area contributed by atoms with Crippen LogP contribution in [0.5, 0.6) is 5.88 Å². The number of sulfone groups is 1. The Balaban J connectivity index is 1.80. The van der Waals surface area contributed by atoms with Crippen molar-refractivity contribution < 1.29 is 21.9 Å². The first-order chi connectivity index (χ1) is 16.2. The molecule has 0 amide bonds. The first kappa shape index (κ1) is 23.1. The zero-order valence-corrected chi connectivity index (χ0v) is 18.8. The molecule has 0 N–H and O–H groups in total. The number of rotatable bonds is 6. The van der Waals surface area contributed by atoms with E-state index in [-0.39, 0.29) is 28.8 Å². The Morgan fingerprint density at radius 1 is 0.882 bits per heavy atom. The summed E-state index contributed by atoms with van der Waals surface area (Å²) in [5, 5.41) is 9.72. The van der Waals surface area contributed by atoms with Crippen LogP contribution in [0.2, 0.25) is 0 Å². The summed E-state index contributed by atoms with van der Waals surface area (Å²) >= 11 is 0. The molecule has 0 aliphatic rings. The SMILES string of the molecule is CS(=O)(=O)c1ccc(-c2cc(C#N)c(OCc3ccc(F)cc3)nc2-c2ccc(F)cc2)cc1. The Hall–Kier alpha value is -4.09. The minimum absolute atomic E-state index is 0.0627. The lowest BCUT2D eigenvalue weighted by molar-refractivity contribution is 0.293. The summed E-state index contributed by atoms with van der Waals surface area (Å²) in [6, 6.07) is 21.3. The fourth-order valence-corrected chi connectivity index (χ4v) is 3.98. The molecule has 0 unspecified atom stereocenters. The van der Waals surface area contributed by atoms with Crippen molar-refractivity contribution in [3.8, 4) is 34.3 Å². The van der Waals surface area contributed by atoms with Crippen LogP contribution in [0, 0.1) is 23.0 Å². The molecule has 0 radical (unpaired) electrons. The molecule has 1 aromatic heterocycles. The largest absolute Gasteiger partial charge is 0.472 e. The maximum Gasteiger partial charge on any atom is 0.232 e. The molecule has 0 atom stereocenters. The average Bonchev–Trinajstić information content (AvgIpc) is 2.83. The van der Waals surface area contributed by atoms with Gasteiger partial charge in [-0.3, -0.25) is 0 Å². The van der Waals surface area contributed by atoms with E-state index in [2.05, 4.69) is 11.1 Å². The predicted molar refractivity (Wildman–Crippen MR) is 124 cm³/mol. The Labute approximate surface area is 195 Å². The molecule has 170 valence electrons. The monoisotopic (exact) mass is 476 g/mol. The molecule has 0 fully saturated rings. The predicted octanol–water partition coefficient (Wildman–Crippen LogP) is 5.55. The third-order valence-electron chi connectivity index (χ3n) is 5.11. The van der Waals surface area contributed by atoms with Crippen LogP contribution < -0.4 is 4.74 Å². The molecule has 4 rings (SSSR count). The molecule has 8 heteroatoms. The van der Waals surface area contributed by atoms with Gasteiger partial charge in [0.25, 0.3) is 0 Å². The molecule has 3 aromatic carbocycles. The molecule has 0 spiro atoms. The molecular formula is C26H18F2N2O3S. The highest BCUT2D eigenvalue weighted by molar-refractivity contribution is 7.90. The van der Waals surface area contributed by atoms with Crippen molar-refractivity contribution in [1.29, 1.82) is 5.26 Å². The molecule has 0 aliphatic heterocycles. The van der Waals surface area contributed by atoms with E-state index in [4.69, 9.17) is 4.74 Å². The Kier molecular flexibility index (Phi) is 6.39.